The number of hydrogen-bond donors (Lipinski definition) is 1. The van der Waals surface area contributed by atoms with Gasteiger partial charge in [0, 0.05) is 11.9 Å². The van der Waals surface area contributed by atoms with Crippen LogP contribution in [0.25, 0.3) is 10.9 Å². The maximum Gasteiger partial charge on any atom is 0.153 e. The summed E-state index contributed by atoms with van der Waals surface area (Å²) >= 11 is 0. The van der Waals surface area contributed by atoms with Crippen LogP contribution in [-0.4, -0.2) is 18.4 Å². The van der Waals surface area contributed by atoms with Crippen molar-refractivity contribution >= 4 is 23.0 Å². The number of pyridine rings is 1. The summed E-state index contributed by atoms with van der Waals surface area (Å²) < 4.78 is 5.20. The zero-order valence-corrected chi connectivity index (χ0v) is 12.2. The van der Waals surface area contributed by atoms with Gasteiger partial charge in [-0.2, -0.15) is 0 Å². The first-order valence-corrected chi connectivity index (χ1v) is 7.02. The summed E-state index contributed by atoms with van der Waals surface area (Å²) in [5, 5.41) is 4.11. The Morgan fingerprint density at radius 2 is 1.95 bits per heavy atom. The van der Waals surface area contributed by atoms with Crippen LogP contribution in [-0.2, 0) is 6.54 Å². The Bertz CT molecular complexity index is 801. The molecule has 4 heteroatoms. The molecule has 1 heterocycles. The number of methoxy groups -OCH3 is 1. The monoisotopic (exact) mass is 292 g/mol. The molecule has 3 aromatic rings. The first-order valence-electron chi connectivity index (χ1n) is 7.02. The molecule has 0 bridgehead atoms. The van der Waals surface area contributed by atoms with Crippen molar-refractivity contribution in [3.8, 4) is 5.75 Å². The molecule has 0 atom stereocenters. The number of aldehydes is 1. The molecule has 0 saturated carbocycles. The predicted octanol–water partition coefficient (Wildman–Crippen LogP) is 3.67. The molecular formula is C18H16N2O2. The van der Waals surface area contributed by atoms with Crippen LogP contribution in [0.3, 0.4) is 0 Å². The third-order valence-corrected chi connectivity index (χ3v) is 3.48. The molecule has 0 radical (unpaired) electrons. The van der Waals surface area contributed by atoms with E-state index in [4.69, 9.17) is 4.74 Å². The number of rotatable bonds is 5. The van der Waals surface area contributed by atoms with Gasteiger partial charge in [0.25, 0.3) is 0 Å². The van der Waals surface area contributed by atoms with Gasteiger partial charge in [-0.15, -0.1) is 0 Å². The van der Waals surface area contributed by atoms with Crippen LogP contribution >= 0.6 is 0 Å². The third-order valence-electron chi connectivity index (χ3n) is 3.48. The zero-order valence-electron chi connectivity index (χ0n) is 12.2. The zero-order chi connectivity index (χ0) is 15.4. The standard InChI is InChI=1S/C18H16N2O2/c1-22-16-7-8-17-14(10-16)9-15(12-21)18(20-17)19-11-13-5-3-2-4-6-13/h2-10,12H,11H2,1H3,(H,19,20). The molecule has 0 aliphatic heterocycles. The van der Waals surface area contributed by atoms with Crippen LogP contribution in [0.2, 0.25) is 0 Å². The maximum absolute atomic E-state index is 11.3. The predicted molar refractivity (Wildman–Crippen MR) is 87.5 cm³/mol. The van der Waals surface area contributed by atoms with E-state index in [9.17, 15) is 4.79 Å². The highest BCUT2D eigenvalue weighted by molar-refractivity contribution is 5.92. The van der Waals surface area contributed by atoms with E-state index in [2.05, 4.69) is 10.3 Å². The number of carbonyl (C=O) groups excluding carboxylic acids is 1. The lowest BCUT2D eigenvalue weighted by atomic mass is 10.1. The van der Waals surface area contributed by atoms with Gasteiger partial charge in [-0.1, -0.05) is 30.3 Å². The first-order chi connectivity index (χ1) is 10.8. The van der Waals surface area contributed by atoms with E-state index in [0.717, 1.165) is 28.5 Å². The lowest BCUT2D eigenvalue weighted by Gasteiger charge is -2.10. The number of anilines is 1. The van der Waals surface area contributed by atoms with Crippen LogP contribution in [0.1, 0.15) is 15.9 Å². The van der Waals surface area contributed by atoms with Gasteiger partial charge in [-0.3, -0.25) is 4.79 Å². The topological polar surface area (TPSA) is 51.2 Å². The second-order valence-corrected chi connectivity index (χ2v) is 4.94. The maximum atomic E-state index is 11.3. The van der Waals surface area contributed by atoms with E-state index in [-0.39, 0.29) is 0 Å². The van der Waals surface area contributed by atoms with Crippen LogP contribution in [0.4, 0.5) is 5.82 Å². The highest BCUT2D eigenvalue weighted by Crippen LogP contribution is 2.23. The molecule has 0 amide bonds. The fourth-order valence-corrected chi connectivity index (χ4v) is 2.31. The van der Waals surface area contributed by atoms with Gasteiger partial charge in [-0.05, 0) is 29.8 Å². The number of fused-ring (bicyclic) bond motifs is 1. The Hall–Kier alpha value is -2.88. The van der Waals surface area contributed by atoms with Gasteiger partial charge in [0.15, 0.2) is 6.29 Å². The van der Waals surface area contributed by atoms with E-state index < -0.39 is 0 Å². The Labute approximate surface area is 128 Å². The fourth-order valence-electron chi connectivity index (χ4n) is 2.31. The van der Waals surface area contributed by atoms with E-state index in [1.807, 2.05) is 54.6 Å². The van der Waals surface area contributed by atoms with E-state index in [0.29, 0.717) is 17.9 Å². The smallest absolute Gasteiger partial charge is 0.153 e. The number of ether oxygens (including phenoxy) is 1. The van der Waals surface area contributed by atoms with Crippen molar-refractivity contribution in [2.75, 3.05) is 12.4 Å². The SMILES string of the molecule is COc1ccc2nc(NCc3ccccc3)c(C=O)cc2c1. The van der Waals surface area contributed by atoms with Crippen molar-refractivity contribution in [2.24, 2.45) is 0 Å². The summed E-state index contributed by atoms with van der Waals surface area (Å²) in [6, 6.07) is 17.4. The first kappa shape index (κ1) is 14.1. The van der Waals surface area contributed by atoms with Crippen molar-refractivity contribution in [1.29, 1.82) is 0 Å². The van der Waals surface area contributed by atoms with Crippen molar-refractivity contribution in [2.45, 2.75) is 6.54 Å². The molecule has 0 fully saturated rings. The van der Waals surface area contributed by atoms with Crippen LogP contribution in [0.15, 0.2) is 54.6 Å². The average molecular weight is 292 g/mol. The van der Waals surface area contributed by atoms with Gasteiger partial charge in [0.1, 0.15) is 11.6 Å². The molecule has 2 aromatic carbocycles. The fraction of sp³-hybridized carbons (Fsp3) is 0.111. The van der Waals surface area contributed by atoms with Crippen molar-refractivity contribution in [1.82, 2.24) is 4.98 Å². The summed E-state index contributed by atoms with van der Waals surface area (Å²) in [4.78, 5) is 15.9. The van der Waals surface area contributed by atoms with Gasteiger partial charge in [0.2, 0.25) is 0 Å². The largest absolute Gasteiger partial charge is 0.497 e. The van der Waals surface area contributed by atoms with Crippen molar-refractivity contribution < 1.29 is 9.53 Å². The van der Waals surface area contributed by atoms with Crippen molar-refractivity contribution in [3.63, 3.8) is 0 Å². The summed E-state index contributed by atoms with van der Waals surface area (Å²) in [7, 11) is 1.62. The summed E-state index contributed by atoms with van der Waals surface area (Å²) in [6.07, 6.45) is 0.819. The summed E-state index contributed by atoms with van der Waals surface area (Å²) in [6.45, 7) is 0.621. The molecule has 0 aliphatic rings. The lowest BCUT2D eigenvalue weighted by molar-refractivity contribution is 0.112. The molecule has 110 valence electrons. The molecule has 0 unspecified atom stereocenters. The number of nitrogens with one attached hydrogen (secondary N) is 1. The number of benzene rings is 2. The second-order valence-electron chi connectivity index (χ2n) is 4.94. The second kappa shape index (κ2) is 6.26. The molecule has 3 rings (SSSR count). The minimum atomic E-state index is 0.539. The Balaban J connectivity index is 1.93. The number of hydrogen-bond acceptors (Lipinski definition) is 4. The molecule has 0 saturated heterocycles. The average Bonchev–Trinajstić information content (AvgIpc) is 2.59. The minimum Gasteiger partial charge on any atom is -0.497 e. The molecule has 0 aliphatic carbocycles. The highest BCUT2D eigenvalue weighted by atomic mass is 16.5. The molecule has 0 spiro atoms. The van der Waals surface area contributed by atoms with Crippen LogP contribution in [0.5, 0.6) is 5.75 Å². The molecule has 1 aromatic heterocycles. The Kier molecular flexibility index (Phi) is 4.01. The highest BCUT2D eigenvalue weighted by Gasteiger charge is 2.07. The normalized spacial score (nSPS) is 10.4. The van der Waals surface area contributed by atoms with E-state index in [1.54, 1.807) is 7.11 Å². The number of nitrogens with zero attached hydrogens (tertiary/aromatic N) is 1. The quantitative estimate of drug-likeness (QED) is 0.729. The minimum absolute atomic E-state index is 0.539. The summed E-state index contributed by atoms with van der Waals surface area (Å²) in [5.41, 5.74) is 2.50. The van der Waals surface area contributed by atoms with Gasteiger partial charge in [-0.25, -0.2) is 4.98 Å². The van der Waals surface area contributed by atoms with Gasteiger partial charge < -0.3 is 10.1 Å². The third kappa shape index (κ3) is 2.91. The summed E-state index contributed by atoms with van der Waals surface area (Å²) in [5.74, 6) is 1.34. The Morgan fingerprint density at radius 1 is 1.14 bits per heavy atom. The van der Waals surface area contributed by atoms with E-state index in [1.165, 1.54) is 0 Å². The Morgan fingerprint density at radius 3 is 2.68 bits per heavy atom. The molecule has 22 heavy (non-hydrogen) atoms. The van der Waals surface area contributed by atoms with Crippen molar-refractivity contribution in [3.05, 3.63) is 65.7 Å². The van der Waals surface area contributed by atoms with Crippen LogP contribution in [0, 0.1) is 0 Å². The lowest BCUT2D eigenvalue weighted by Crippen LogP contribution is -2.04. The van der Waals surface area contributed by atoms with Crippen LogP contribution < -0.4 is 10.1 Å². The van der Waals surface area contributed by atoms with Gasteiger partial charge in [0.05, 0.1) is 18.2 Å². The molecule has 1 N–H and O–H groups in total. The molecular weight excluding hydrogens is 276 g/mol. The number of aromatic nitrogens is 1. The van der Waals surface area contributed by atoms with E-state index >= 15 is 0 Å². The van der Waals surface area contributed by atoms with Gasteiger partial charge >= 0.3 is 0 Å². The molecule has 4 nitrogen and oxygen atoms in total. The number of carbonyl (C=O) groups is 1.